The maximum Gasteiger partial charge on any atom is 0.0702 e. The van der Waals surface area contributed by atoms with Gasteiger partial charge in [0.05, 0.1) is 12.2 Å². The lowest BCUT2D eigenvalue weighted by Gasteiger charge is -2.42. The quantitative estimate of drug-likeness (QED) is 0.829. The zero-order valence-electron chi connectivity index (χ0n) is 13.4. The standard InChI is InChI=1S/C17H33NO/c1-5-6-9-16(18)12-17(19-13-16)10-7-14(8-11-17)15(2,3)4/h14H,5-13,18H2,1-4H3. The molecule has 1 spiro atoms. The Labute approximate surface area is 119 Å². The molecule has 2 fully saturated rings. The minimum absolute atomic E-state index is 0.0371. The molecule has 0 aromatic heterocycles. The van der Waals surface area contributed by atoms with Crippen LogP contribution in [0.2, 0.25) is 0 Å². The summed E-state index contributed by atoms with van der Waals surface area (Å²) in [6, 6.07) is 0. The number of unbranched alkanes of at least 4 members (excludes halogenated alkanes) is 1. The van der Waals surface area contributed by atoms with Crippen LogP contribution in [0, 0.1) is 11.3 Å². The lowest BCUT2D eigenvalue weighted by atomic mass is 9.66. The molecular formula is C17H33NO. The average molecular weight is 267 g/mol. The molecule has 0 aromatic rings. The van der Waals surface area contributed by atoms with Crippen molar-refractivity contribution >= 4 is 0 Å². The van der Waals surface area contributed by atoms with Crippen molar-refractivity contribution in [2.24, 2.45) is 17.1 Å². The molecule has 0 aromatic carbocycles. The van der Waals surface area contributed by atoms with E-state index in [1.54, 1.807) is 0 Å². The minimum atomic E-state index is -0.0371. The highest BCUT2D eigenvalue weighted by Crippen LogP contribution is 2.48. The maximum absolute atomic E-state index is 6.55. The van der Waals surface area contributed by atoms with Crippen LogP contribution in [-0.2, 0) is 4.74 Å². The fraction of sp³-hybridized carbons (Fsp3) is 1.00. The van der Waals surface area contributed by atoms with Gasteiger partial charge in [0.15, 0.2) is 0 Å². The van der Waals surface area contributed by atoms with E-state index in [0.717, 1.165) is 25.4 Å². The second-order valence-corrected chi connectivity index (χ2v) is 8.25. The third kappa shape index (κ3) is 3.52. The summed E-state index contributed by atoms with van der Waals surface area (Å²) in [6.07, 6.45) is 9.77. The molecule has 2 aliphatic rings. The third-order valence-corrected chi connectivity index (χ3v) is 5.49. The smallest absolute Gasteiger partial charge is 0.0702 e. The van der Waals surface area contributed by atoms with Crippen molar-refractivity contribution in [1.29, 1.82) is 0 Å². The lowest BCUT2D eigenvalue weighted by Crippen LogP contribution is -2.43. The first-order valence-electron chi connectivity index (χ1n) is 8.22. The Hall–Kier alpha value is -0.0800. The first kappa shape index (κ1) is 15.3. The molecule has 0 bridgehead atoms. The molecule has 1 aliphatic heterocycles. The molecule has 19 heavy (non-hydrogen) atoms. The molecule has 0 radical (unpaired) electrons. The Bertz CT molecular complexity index is 299. The second-order valence-electron chi connectivity index (χ2n) is 8.25. The van der Waals surface area contributed by atoms with Gasteiger partial charge >= 0.3 is 0 Å². The van der Waals surface area contributed by atoms with Gasteiger partial charge in [0.1, 0.15) is 0 Å². The van der Waals surface area contributed by atoms with E-state index in [4.69, 9.17) is 10.5 Å². The van der Waals surface area contributed by atoms with Crippen LogP contribution in [0.4, 0.5) is 0 Å². The summed E-state index contributed by atoms with van der Waals surface area (Å²) < 4.78 is 6.23. The molecule has 2 N–H and O–H groups in total. The topological polar surface area (TPSA) is 35.2 Å². The maximum atomic E-state index is 6.55. The highest BCUT2D eigenvalue weighted by Gasteiger charge is 2.49. The predicted octanol–water partition coefficient (Wildman–Crippen LogP) is 4.27. The van der Waals surface area contributed by atoms with E-state index in [-0.39, 0.29) is 11.1 Å². The molecular weight excluding hydrogens is 234 g/mol. The van der Waals surface area contributed by atoms with Gasteiger partial charge in [-0.25, -0.2) is 0 Å². The van der Waals surface area contributed by atoms with E-state index >= 15 is 0 Å². The zero-order chi connectivity index (χ0) is 14.1. The van der Waals surface area contributed by atoms with Crippen LogP contribution in [0.25, 0.3) is 0 Å². The summed E-state index contributed by atoms with van der Waals surface area (Å²) in [5, 5.41) is 0. The Morgan fingerprint density at radius 1 is 1.21 bits per heavy atom. The van der Waals surface area contributed by atoms with Crippen molar-refractivity contribution < 1.29 is 4.74 Å². The molecule has 1 unspecified atom stereocenters. The van der Waals surface area contributed by atoms with Gasteiger partial charge in [-0.2, -0.15) is 0 Å². The summed E-state index contributed by atoms with van der Waals surface area (Å²) in [7, 11) is 0. The van der Waals surface area contributed by atoms with Crippen molar-refractivity contribution in [1.82, 2.24) is 0 Å². The number of nitrogens with two attached hydrogens (primary N) is 1. The van der Waals surface area contributed by atoms with Crippen LogP contribution in [0.3, 0.4) is 0 Å². The molecule has 1 saturated carbocycles. The van der Waals surface area contributed by atoms with Crippen molar-refractivity contribution in [2.75, 3.05) is 6.61 Å². The van der Waals surface area contributed by atoms with Crippen LogP contribution in [-0.4, -0.2) is 17.7 Å². The highest BCUT2D eigenvalue weighted by atomic mass is 16.5. The molecule has 2 rings (SSSR count). The van der Waals surface area contributed by atoms with Gasteiger partial charge in [-0.15, -0.1) is 0 Å². The predicted molar refractivity (Wildman–Crippen MR) is 81.2 cm³/mol. The van der Waals surface area contributed by atoms with E-state index in [1.165, 1.54) is 38.5 Å². The second kappa shape index (κ2) is 5.37. The van der Waals surface area contributed by atoms with Crippen molar-refractivity contribution in [3.63, 3.8) is 0 Å². The van der Waals surface area contributed by atoms with E-state index in [1.807, 2.05) is 0 Å². The van der Waals surface area contributed by atoms with Crippen molar-refractivity contribution in [2.45, 2.75) is 90.2 Å². The van der Waals surface area contributed by atoms with Gasteiger partial charge in [0, 0.05) is 5.54 Å². The summed E-state index contributed by atoms with van der Waals surface area (Å²) in [5.41, 5.74) is 7.08. The molecule has 1 aliphatic carbocycles. The molecule has 0 amide bonds. The van der Waals surface area contributed by atoms with Crippen LogP contribution in [0.15, 0.2) is 0 Å². The van der Waals surface area contributed by atoms with E-state index < -0.39 is 0 Å². The Morgan fingerprint density at radius 3 is 2.37 bits per heavy atom. The highest BCUT2D eigenvalue weighted by molar-refractivity contribution is 5.03. The first-order chi connectivity index (χ1) is 8.79. The van der Waals surface area contributed by atoms with Gasteiger partial charge in [0.2, 0.25) is 0 Å². The largest absolute Gasteiger partial charge is 0.373 e. The minimum Gasteiger partial charge on any atom is -0.373 e. The third-order valence-electron chi connectivity index (χ3n) is 5.49. The van der Waals surface area contributed by atoms with Crippen LogP contribution in [0.1, 0.15) is 79.1 Å². The molecule has 1 atom stereocenters. The normalized spacial score (nSPS) is 39.9. The molecule has 2 heteroatoms. The molecule has 112 valence electrons. The lowest BCUT2D eigenvalue weighted by molar-refractivity contribution is -0.0468. The van der Waals surface area contributed by atoms with Gasteiger partial charge in [-0.05, 0) is 49.9 Å². The molecule has 1 heterocycles. The summed E-state index contributed by atoms with van der Waals surface area (Å²) in [5.74, 6) is 0.852. The Morgan fingerprint density at radius 2 is 1.84 bits per heavy atom. The van der Waals surface area contributed by atoms with Crippen molar-refractivity contribution in [3.8, 4) is 0 Å². The first-order valence-corrected chi connectivity index (χ1v) is 8.22. The van der Waals surface area contributed by atoms with Crippen LogP contribution < -0.4 is 5.73 Å². The van der Waals surface area contributed by atoms with Gasteiger partial charge in [-0.3, -0.25) is 0 Å². The molecule has 2 nitrogen and oxygen atoms in total. The number of rotatable bonds is 3. The number of ether oxygens (including phenoxy) is 1. The van der Waals surface area contributed by atoms with Crippen LogP contribution >= 0.6 is 0 Å². The number of hydrogen-bond donors (Lipinski definition) is 1. The Balaban J connectivity index is 1.90. The number of hydrogen-bond acceptors (Lipinski definition) is 2. The summed E-state index contributed by atoms with van der Waals surface area (Å²) in [6.45, 7) is 10.1. The zero-order valence-corrected chi connectivity index (χ0v) is 13.4. The fourth-order valence-electron chi connectivity index (χ4n) is 4.06. The van der Waals surface area contributed by atoms with Crippen molar-refractivity contribution in [3.05, 3.63) is 0 Å². The van der Waals surface area contributed by atoms with Gasteiger partial charge in [-0.1, -0.05) is 40.5 Å². The fourth-order valence-corrected chi connectivity index (χ4v) is 4.06. The van der Waals surface area contributed by atoms with Gasteiger partial charge in [0.25, 0.3) is 0 Å². The monoisotopic (exact) mass is 267 g/mol. The van der Waals surface area contributed by atoms with Crippen LogP contribution in [0.5, 0.6) is 0 Å². The Kier molecular flexibility index (Phi) is 4.32. The molecule has 1 saturated heterocycles. The summed E-state index contributed by atoms with van der Waals surface area (Å²) in [4.78, 5) is 0. The SMILES string of the molecule is CCCCC1(N)COC2(CCC(C(C)(C)C)CC2)C1. The average Bonchev–Trinajstić information content (AvgIpc) is 2.64. The van der Waals surface area contributed by atoms with E-state index in [9.17, 15) is 0 Å². The van der Waals surface area contributed by atoms with Gasteiger partial charge < -0.3 is 10.5 Å². The summed E-state index contributed by atoms with van der Waals surface area (Å²) >= 11 is 0. The van der Waals surface area contributed by atoms with E-state index in [2.05, 4.69) is 27.7 Å². The van der Waals surface area contributed by atoms with E-state index in [0.29, 0.717) is 5.41 Å².